The van der Waals surface area contributed by atoms with Crippen LogP contribution in [0.25, 0.3) is 0 Å². The molecule has 0 radical (unpaired) electrons. The number of ether oxygens (including phenoxy) is 1. The average molecular weight is 388 g/mol. The highest BCUT2D eigenvalue weighted by atomic mass is 32.1. The predicted molar refractivity (Wildman–Crippen MR) is 102 cm³/mol. The summed E-state index contributed by atoms with van der Waals surface area (Å²) in [5.74, 6) is 0.592. The molecular weight excluding hydrogens is 364 g/mol. The van der Waals surface area contributed by atoms with Gasteiger partial charge in [0.2, 0.25) is 0 Å². The van der Waals surface area contributed by atoms with Crippen LogP contribution >= 0.6 is 11.3 Å². The Labute approximate surface area is 161 Å². The van der Waals surface area contributed by atoms with Crippen LogP contribution in [0.15, 0.2) is 27.1 Å². The minimum atomic E-state index is -0.476. The third kappa shape index (κ3) is 3.09. The SMILES string of the molecule is O=c1c(=O)n2c(nn1C1CCCC1)CO[C@@]1(CCN(Cc3cccs3)C1)C2. The largest absolute Gasteiger partial charge is 0.364 e. The van der Waals surface area contributed by atoms with Crippen LogP contribution in [-0.2, 0) is 24.4 Å². The van der Waals surface area contributed by atoms with Crippen molar-refractivity contribution in [2.45, 2.75) is 63.4 Å². The summed E-state index contributed by atoms with van der Waals surface area (Å²) in [5.41, 5.74) is -1.30. The molecule has 0 unspecified atom stereocenters. The van der Waals surface area contributed by atoms with Crippen molar-refractivity contribution in [1.29, 1.82) is 0 Å². The van der Waals surface area contributed by atoms with Crippen molar-refractivity contribution in [3.63, 3.8) is 0 Å². The molecule has 0 amide bonds. The van der Waals surface area contributed by atoms with Crippen LogP contribution in [0.4, 0.5) is 0 Å². The van der Waals surface area contributed by atoms with Crippen molar-refractivity contribution < 1.29 is 4.74 Å². The van der Waals surface area contributed by atoms with Crippen LogP contribution in [0.3, 0.4) is 0 Å². The van der Waals surface area contributed by atoms with Gasteiger partial charge in [-0.3, -0.25) is 19.1 Å². The number of rotatable bonds is 3. The van der Waals surface area contributed by atoms with Crippen molar-refractivity contribution >= 4 is 11.3 Å². The van der Waals surface area contributed by atoms with Gasteiger partial charge in [-0.25, -0.2) is 4.68 Å². The fraction of sp³-hybridized carbons (Fsp3) is 0.632. The zero-order chi connectivity index (χ0) is 18.4. The Morgan fingerprint density at radius 3 is 2.85 bits per heavy atom. The van der Waals surface area contributed by atoms with E-state index in [0.717, 1.165) is 51.7 Å². The Morgan fingerprint density at radius 1 is 1.22 bits per heavy atom. The van der Waals surface area contributed by atoms with E-state index in [1.165, 1.54) is 9.56 Å². The highest BCUT2D eigenvalue weighted by Gasteiger charge is 2.43. The lowest BCUT2D eigenvalue weighted by atomic mass is 10.0. The smallest absolute Gasteiger partial charge is 0.332 e. The number of likely N-dealkylation sites (tertiary alicyclic amines) is 1. The van der Waals surface area contributed by atoms with E-state index in [9.17, 15) is 9.59 Å². The molecule has 1 saturated heterocycles. The summed E-state index contributed by atoms with van der Waals surface area (Å²) in [6.45, 7) is 3.36. The van der Waals surface area contributed by atoms with E-state index < -0.39 is 11.1 Å². The maximum atomic E-state index is 12.8. The Kier molecular flexibility index (Phi) is 4.29. The molecule has 0 bridgehead atoms. The van der Waals surface area contributed by atoms with Gasteiger partial charge in [0.25, 0.3) is 0 Å². The Morgan fingerprint density at radius 2 is 2.07 bits per heavy atom. The first-order valence-electron chi connectivity index (χ1n) is 9.75. The lowest BCUT2D eigenvalue weighted by molar-refractivity contribution is -0.0860. The lowest BCUT2D eigenvalue weighted by Crippen LogP contribution is -2.53. The fourth-order valence-corrected chi connectivity index (χ4v) is 5.45. The number of nitrogens with zero attached hydrogens (tertiary/aromatic N) is 4. The monoisotopic (exact) mass is 388 g/mol. The number of hydrogen-bond donors (Lipinski definition) is 0. The van der Waals surface area contributed by atoms with E-state index >= 15 is 0 Å². The molecule has 8 heteroatoms. The molecule has 2 fully saturated rings. The average Bonchev–Trinajstić information content (AvgIpc) is 3.42. The molecule has 2 aromatic heterocycles. The van der Waals surface area contributed by atoms with E-state index in [2.05, 4.69) is 27.5 Å². The summed E-state index contributed by atoms with van der Waals surface area (Å²) in [5, 5.41) is 6.61. The Hall–Kier alpha value is -1.77. The molecule has 3 aliphatic rings. The first kappa shape index (κ1) is 17.3. The van der Waals surface area contributed by atoms with Gasteiger partial charge < -0.3 is 4.74 Å². The van der Waals surface area contributed by atoms with Gasteiger partial charge >= 0.3 is 11.1 Å². The first-order chi connectivity index (χ1) is 13.1. The van der Waals surface area contributed by atoms with E-state index in [4.69, 9.17) is 4.74 Å². The topological polar surface area (TPSA) is 69.4 Å². The van der Waals surface area contributed by atoms with Crippen molar-refractivity contribution in [1.82, 2.24) is 19.2 Å². The minimum Gasteiger partial charge on any atom is -0.364 e. The van der Waals surface area contributed by atoms with Gasteiger partial charge in [-0.05, 0) is 30.7 Å². The summed E-state index contributed by atoms with van der Waals surface area (Å²) in [4.78, 5) is 29.1. The number of hydrogen-bond acceptors (Lipinski definition) is 6. The second kappa shape index (κ2) is 6.68. The van der Waals surface area contributed by atoms with Gasteiger partial charge in [-0.15, -0.1) is 11.3 Å². The van der Waals surface area contributed by atoms with Gasteiger partial charge in [-0.2, -0.15) is 5.10 Å². The summed E-state index contributed by atoms with van der Waals surface area (Å²) in [6.07, 6.45) is 4.92. The van der Waals surface area contributed by atoms with Crippen molar-refractivity contribution in [3.05, 3.63) is 48.9 Å². The number of thiophene rings is 1. The molecule has 0 aromatic carbocycles. The summed E-state index contributed by atoms with van der Waals surface area (Å²) >= 11 is 1.76. The van der Waals surface area contributed by atoms with Crippen LogP contribution < -0.4 is 11.1 Å². The van der Waals surface area contributed by atoms with E-state index in [1.807, 2.05) is 0 Å². The zero-order valence-electron chi connectivity index (χ0n) is 15.3. The molecule has 0 N–H and O–H groups in total. The molecule has 1 atom stereocenters. The van der Waals surface area contributed by atoms with Crippen LogP contribution in [0.5, 0.6) is 0 Å². The molecule has 144 valence electrons. The van der Waals surface area contributed by atoms with Crippen LogP contribution in [-0.4, -0.2) is 37.9 Å². The molecule has 1 spiro atoms. The Bertz CT molecular complexity index is 945. The summed E-state index contributed by atoms with van der Waals surface area (Å²) in [7, 11) is 0. The third-order valence-corrected chi connectivity index (χ3v) is 7.01. The van der Waals surface area contributed by atoms with Gasteiger partial charge in [0, 0.05) is 24.5 Å². The van der Waals surface area contributed by atoms with Crippen LogP contribution in [0.2, 0.25) is 0 Å². The molecule has 2 aromatic rings. The quantitative estimate of drug-likeness (QED) is 0.750. The van der Waals surface area contributed by atoms with Crippen molar-refractivity contribution in [2.24, 2.45) is 0 Å². The first-order valence-corrected chi connectivity index (χ1v) is 10.6. The van der Waals surface area contributed by atoms with Crippen molar-refractivity contribution in [3.8, 4) is 0 Å². The second-order valence-electron chi connectivity index (χ2n) is 8.01. The standard InChI is InChI=1S/C19H24N4O3S/c24-17-18(25)23(14-4-1-2-5-14)20-16-11-26-19(13-22(16)17)7-8-21(12-19)10-15-6-3-9-27-15/h3,6,9,14H,1-2,4-5,7-8,10-13H2/t19-/m1/s1. The zero-order valence-corrected chi connectivity index (χ0v) is 16.1. The van der Waals surface area contributed by atoms with Gasteiger partial charge in [0.05, 0.1) is 12.6 Å². The maximum absolute atomic E-state index is 12.8. The van der Waals surface area contributed by atoms with Gasteiger partial charge in [0.1, 0.15) is 12.2 Å². The van der Waals surface area contributed by atoms with E-state index in [-0.39, 0.29) is 11.6 Å². The molecule has 5 rings (SSSR count). The molecular formula is C19H24N4O3S. The summed E-state index contributed by atoms with van der Waals surface area (Å²) < 4.78 is 9.25. The maximum Gasteiger partial charge on any atom is 0.332 e. The van der Waals surface area contributed by atoms with E-state index in [0.29, 0.717) is 19.0 Å². The lowest BCUT2D eigenvalue weighted by Gasteiger charge is -2.35. The highest BCUT2D eigenvalue weighted by Crippen LogP contribution is 2.33. The van der Waals surface area contributed by atoms with Crippen molar-refractivity contribution in [2.75, 3.05) is 13.1 Å². The van der Waals surface area contributed by atoms with Crippen LogP contribution in [0.1, 0.15) is 48.8 Å². The molecule has 1 aliphatic carbocycles. The third-order valence-electron chi connectivity index (χ3n) is 6.15. The minimum absolute atomic E-state index is 0.0692. The number of aromatic nitrogens is 3. The summed E-state index contributed by atoms with van der Waals surface area (Å²) in [6, 6.07) is 4.28. The van der Waals surface area contributed by atoms with Crippen LogP contribution in [0, 0.1) is 0 Å². The van der Waals surface area contributed by atoms with E-state index in [1.54, 1.807) is 15.9 Å². The predicted octanol–water partition coefficient (Wildman–Crippen LogP) is 1.76. The molecule has 4 heterocycles. The molecule has 1 saturated carbocycles. The molecule has 27 heavy (non-hydrogen) atoms. The molecule has 2 aliphatic heterocycles. The van der Waals surface area contributed by atoms with Gasteiger partial charge in [-0.1, -0.05) is 18.9 Å². The molecule has 7 nitrogen and oxygen atoms in total. The highest BCUT2D eigenvalue weighted by molar-refractivity contribution is 7.09. The normalized spacial score (nSPS) is 26.1. The Balaban J connectivity index is 1.39. The second-order valence-corrected chi connectivity index (χ2v) is 9.04. The number of fused-ring (bicyclic) bond motifs is 1. The fourth-order valence-electron chi connectivity index (χ4n) is 4.70. The van der Waals surface area contributed by atoms with Gasteiger partial charge in [0.15, 0.2) is 5.82 Å².